The summed E-state index contributed by atoms with van der Waals surface area (Å²) in [6, 6.07) is 22.3. The second-order valence-electron chi connectivity index (χ2n) is 10.1. The van der Waals surface area contributed by atoms with Gasteiger partial charge in [0.25, 0.3) is 5.91 Å². The van der Waals surface area contributed by atoms with Crippen molar-refractivity contribution in [2.75, 3.05) is 6.61 Å². The molecule has 0 atom stereocenters. The summed E-state index contributed by atoms with van der Waals surface area (Å²) in [5.74, 6) is 0.454. The van der Waals surface area contributed by atoms with Gasteiger partial charge in [0.05, 0.1) is 12.1 Å². The van der Waals surface area contributed by atoms with E-state index in [2.05, 4.69) is 40.6 Å². The van der Waals surface area contributed by atoms with E-state index in [0.29, 0.717) is 23.4 Å². The minimum Gasteiger partial charge on any atom is -0.492 e. The molecule has 0 saturated carbocycles. The number of amides is 1. The van der Waals surface area contributed by atoms with Crippen LogP contribution in [0.25, 0.3) is 17.0 Å². The number of hydrazone groups is 1. The maximum absolute atomic E-state index is 13.2. The third kappa shape index (κ3) is 4.75. The molecule has 0 bridgehead atoms. The molecular weight excluding hydrogens is 518 g/mol. The molecule has 8 heteroatoms. The van der Waals surface area contributed by atoms with Crippen LogP contribution in [0.4, 0.5) is 0 Å². The number of hydrogen-bond donors (Lipinski definition) is 1. The highest BCUT2D eigenvalue weighted by molar-refractivity contribution is 8.27. The van der Waals surface area contributed by atoms with Gasteiger partial charge in [-0.3, -0.25) is 10.2 Å². The summed E-state index contributed by atoms with van der Waals surface area (Å²) in [6.45, 7) is 9.34. The number of aryl methyl sites for hydroxylation is 3. The first-order valence-corrected chi connectivity index (χ1v) is 14.0. The zero-order valence-corrected chi connectivity index (χ0v) is 23.7. The van der Waals surface area contributed by atoms with Crippen LogP contribution in [0, 0.1) is 33.1 Å². The van der Waals surface area contributed by atoms with Crippen molar-refractivity contribution in [3.05, 3.63) is 106 Å². The summed E-state index contributed by atoms with van der Waals surface area (Å²) in [5, 5.41) is 17.1. The van der Waals surface area contributed by atoms with Gasteiger partial charge in [-0.05, 0) is 74.9 Å². The molecule has 0 unspecified atom stereocenters. The number of carbonyl (C=O) groups is 1. The monoisotopic (exact) mass is 547 g/mol. The Kier molecular flexibility index (Phi) is 6.64. The zero-order chi connectivity index (χ0) is 28.0. The first-order valence-electron chi connectivity index (χ1n) is 13.1. The number of hydrogen-bond acceptors (Lipinski definition) is 5. The van der Waals surface area contributed by atoms with Crippen molar-refractivity contribution in [1.82, 2.24) is 9.58 Å². The van der Waals surface area contributed by atoms with Crippen LogP contribution in [0.2, 0.25) is 0 Å². The molecule has 0 spiro atoms. The summed E-state index contributed by atoms with van der Waals surface area (Å²) in [5.41, 5.74) is 7.58. The lowest BCUT2D eigenvalue weighted by atomic mass is 10.1. The molecule has 6 rings (SSSR count). The van der Waals surface area contributed by atoms with E-state index in [0.717, 1.165) is 39.0 Å². The van der Waals surface area contributed by atoms with Crippen LogP contribution in [0.3, 0.4) is 0 Å². The number of aromatic nitrogens is 1. The first kappa shape index (κ1) is 25.8. The number of nitrogens with zero attached hydrogens (tertiary/aromatic N) is 4. The summed E-state index contributed by atoms with van der Waals surface area (Å²) >= 11 is 1.31. The van der Waals surface area contributed by atoms with E-state index >= 15 is 0 Å². The van der Waals surface area contributed by atoms with Gasteiger partial charge in [-0.15, -0.1) is 0 Å². The van der Waals surface area contributed by atoms with Crippen molar-refractivity contribution in [3.8, 4) is 5.75 Å². The molecule has 1 N–H and O–H groups in total. The second kappa shape index (κ2) is 10.3. The third-order valence-corrected chi connectivity index (χ3v) is 8.06. The Hall–Kier alpha value is -4.43. The molecule has 4 aromatic rings. The van der Waals surface area contributed by atoms with Crippen LogP contribution in [0.1, 0.15) is 33.5 Å². The lowest BCUT2D eigenvalue weighted by Crippen LogP contribution is -2.35. The highest BCUT2D eigenvalue weighted by Crippen LogP contribution is 2.33. The van der Waals surface area contributed by atoms with Gasteiger partial charge >= 0.3 is 0 Å². The molecule has 2 aliphatic heterocycles. The van der Waals surface area contributed by atoms with Crippen molar-refractivity contribution < 1.29 is 9.53 Å². The van der Waals surface area contributed by atoms with Gasteiger partial charge in [-0.25, -0.2) is 0 Å². The van der Waals surface area contributed by atoms with E-state index in [1.54, 1.807) is 6.08 Å². The largest absolute Gasteiger partial charge is 0.492 e. The predicted octanol–water partition coefficient (Wildman–Crippen LogP) is 6.62. The highest BCUT2D eigenvalue weighted by atomic mass is 32.2. The maximum Gasteiger partial charge on any atom is 0.283 e. The van der Waals surface area contributed by atoms with Crippen molar-refractivity contribution in [1.29, 1.82) is 5.41 Å². The Balaban J connectivity index is 1.31. The molecular formula is C32H29N5O2S. The minimum absolute atomic E-state index is 0.0268. The lowest BCUT2D eigenvalue weighted by Gasteiger charge is -2.20. The molecule has 0 aliphatic carbocycles. The minimum atomic E-state index is -0.432. The topological polar surface area (TPSA) is 83.0 Å². The van der Waals surface area contributed by atoms with Crippen molar-refractivity contribution in [2.24, 2.45) is 10.1 Å². The van der Waals surface area contributed by atoms with Crippen LogP contribution < -0.4 is 4.74 Å². The number of para-hydroxylation sites is 1. The molecule has 7 nitrogen and oxygen atoms in total. The van der Waals surface area contributed by atoms with E-state index in [4.69, 9.17) is 10.1 Å². The number of carbonyl (C=O) groups excluding carboxylic acids is 1. The van der Waals surface area contributed by atoms with Crippen LogP contribution >= 0.6 is 11.8 Å². The number of nitrogens with one attached hydrogen (secondary N) is 1. The van der Waals surface area contributed by atoms with Gasteiger partial charge in [-0.2, -0.15) is 15.1 Å². The Bertz CT molecular complexity index is 1760. The quantitative estimate of drug-likeness (QED) is 0.275. The van der Waals surface area contributed by atoms with Gasteiger partial charge in [0.15, 0.2) is 5.84 Å². The number of thioether (sulfide) groups is 1. The van der Waals surface area contributed by atoms with E-state index in [-0.39, 0.29) is 11.4 Å². The van der Waals surface area contributed by atoms with Crippen LogP contribution in [-0.2, 0) is 11.3 Å². The summed E-state index contributed by atoms with van der Waals surface area (Å²) in [7, 11) is 0. The molecule has 40 heavy (non-hydrogen) atoms. The van der Waals surface area contributed by atoms with Crippen molar-refractivity contribution in [2.45, 2.75) is 34.2 Å². The standard InChI is InChI=1S/C32H29N5O2S/c1-19-9-11-23(12-10-19)31-35-37-29(33)27(30(38)34-32(37)40-31)18-26-22(4)36(28-8-6-5-7-25(26)28)13-14-39-24-16-20(2)15-21(3)17-24/h5-12,15-18,33H,13-14H2,1-4H3/b27-18-,33-29?. The fraction of sp³-hybridized carbons (Fsp3) is 0.188. The Labute approximate surface area is 237 Å². The number of ether oxygens (including phenoxy) is 1. The fourth-order valence-electron chi connectivity index (χ4n) is 5.15. The van der Waals surface area contributed by atoms with E-state index in [9.17, 15) is 4.79 Å². The number of amidine groups is 2. The summed E-state index contributed by atoms with van der Waals surface area (Å²) < 4.78 is 8.31. The molecule has 1 aromatic heterocycles. The van der Waals surface area contributed by atoms with Crippen LogP contribution in [0.5, 0.6) is 5.75 Å². The van der Waals surface area contributed by atoms with Crippen molar-refractivity contribution in [3.63, 3.8) is 0 Å². The highest BCUT2D eigenvalue weighted by Gasteiger charge is 2.36. The number of rotatable bonds is 6. The van der Waals surface area contributed by atoms with Gasteiger partial charge < -0.3 is 9.30 Å². The fourth-order valence-corrected chi connectivity index (χ4v) is 6.04. The van der Waals surface area contributed by atoms with Crippen LogP contribution in [0.15, 0.2) is 82.4 Å². The van der Waals surface area contributed by atoms with E-state index in [1.807, 2.05) is 68.4 Å². The van der Waals surface area contributed by atoms with Crippen molar-refractivity contribution >= 4 is 50.7 Å². The zero-order valence-electron chi connectivity index (χ0n) is 22.9. The van der Waals surface area contributed by atoms with Gasteiger partial charge in [-0.1, -0.05) is 54.1 Å². The molecule has 2 aliphatic rings. The molecule has 0 fully saturated rings. The normalized spacial score (nSPS) is 16.0. The van der Waals surface area contributed by atoms with E-state index < -0.39 is 5.91 Å². The third-order valence-electron chi connectivity index (χ3n) is 7.10. The SMILES string of the molecule is Cc1ccc(C2=NN3C(=N)/C(=C/c4c(C)n(CCOc5cc(C)cc(C)c5)c5ccccc45)C(=O)N=C3S2)cc1. The van der Waals surface area contributed by atoms with Gasteiger partial charge in [0, 0.05) is 27.7 Å². The number of benzene rings is 3. The Morgan fingerprint density at radius 3 is 2.42 bits per heavy atom. The number of aliphatic imine (C=N–C) groups is 1. The van der Waals surface area contributed by atoms with E-state index in [1.165, 1.54) is 27.9 Å². The molecule has 3 aromatic carbocycles. The predicted molar refractivity (Wildman–Crippen MR) is 163 cm³/mol. The molecule has 200 valence electrons. The maximum atomic E-state index is 13.2. The first-order chi connectivity index (χ1) is 19.3. The summed E-state index contributed by atoms with van der Waals surface area (Å²) in [4.78, 5) is 17.5. The Morgan fingerprint density at radius 2 is 1.68 bits per heavy atom. The van der Waals surface area contributed by atoms with Gasteiger partial charge in [0.1, 0.15) is 17.4 Å². The molecule has 0 saturated heterocycles. The average Bonchev–Trinajstić information content (AvgIpc) is 3.46. The van der Waals surface area contributed by atoms with Gasteiger partial charge in [0.2, 0.25) is 5.17 Å². The average molecular weight is 548 g/mol. The summed E-state index contributed by atoms with van der Waals surface area (Å²) in [6.07, 6.45) is 1.79. The smallest absolute Gasteiger partial charge is 0.283 e. The molecule has 0 radical (unpaired) electrons. The second-order valence-corrected chi connectivity index (χ2v) is 11.1. The molecule has 3 heterocycles. The number of fused-ring (bicyclic) bond motifs is 2. The Morgan fingerprint density at radius 1 is 0.950 bits per heavy atom. The van der Waals surface area contributed by atoms with Crippen LogP contribution in [-0.4, -0.2) is 38.1 Å². The lowest BCUT2D eigenvalue weighted by molar-refractivity contribution is -0.114. The molecule has 1 amide bonds.